The maximum atomic E-state index is 12.1. The first kappa shape index (κ1) is 16.9. The lowest BCUT2D eigenvalue weighted by Gasteiger charge is -2.48. The number of aliphatic carboxylic acids is 1. The number of tetrazole rings is 2. The highest BCUT2D eigenvalue weighted by molar-refractivity contribution is 8.01. The Morgan fingerprint density at radius 3 is 2.81 bits per heavy atom. The molecule has 2 aromatic heterocycles. The molecule has 1 saturated heterocycles. The third-order valence-corrected chi connectivity index (χ3v) is 6.40. The molecule has 2 aliphatic rings. The van der Waals surface area contributed by atoms with Crippen LogP contribution >= 0.6 is 23.5 Å². The Kier molecular flexibility index (Phi) is 4.33. The molecule has 5 N–H and O–H groups in total. The minimum absolute atomic E-state index is 0.0510. The number of hydrogen-bond donors (Lipinski definition) is 4. The third-order valence-electron chi connectivity index (χ3n) is 3.96. The molecule has 3 atom stereocenters. The van der Waals surface area contributed by atoms with Crippen LogP contribution in [0.2, 0.25) is 0 Å². The summed E-state index contributed by atoms with van der Waals surface area (Å²) in [4.78, 5) is 25.3. The Morgan fingerprint density at radius 2 is 2.15 bits per heavy atom. The smallest absolute Gasteiger partial charge is 0.352 e. The van der Waals surface area contributed by atoms with E-state index >= 15 is 0 Å². The molecule has 2 aliphatic heterocycles. The summed E-state index contributed by atoms with van der Waals surface area (Å²) in [5.74, 6) is -0.781. The molecule has 0 aliphatic carbocycles. The van der Waals surface area contributed by atoms with Gasteiger partial charge in [0.15, 0.2) is 5.82 Å². The zero-order valence-corrected chi connectivity index (χ0v) is 14.6. The molecule has 4 rings (SSSR count). The molecular formula is C11H12N10O3S2. The lowest BCUT2D eigenvalue weighted by atomic mass is 10.0. The molecule has 136 valence electrons. The number of H-pyrrole nitrogens is 2. The summed E-state index contributed by atoms with van der Waals surface area (Å²) < 4.78 is 0. The van der Waals surface area contributed by atoms with Crippen LogP contribution in [-0.4, -0.2) is 85.5 Å². The minimum Gasteiger partial charge on any atom is -0.477 e. The van der Waals surface area contributed by atoms with Crippen molar-refractivity contribution in [2.24, 2.45) is 5.73 Å². The molecule has 15 heteroatoms. The SMILES string of the molecule is NC1C(=O)N2C(C(=O)O)=C(C(Cc3nn[nH]n3)Sc3nn[nH]n3)CS[C@H]12. The number of nitrogens with one attached hydrogen (secondary N) is 2. The number of aromatic nitrogens is 8. The van der Waals surface area contributed by atoms with Gasteiger partial charge < -0.3 is 10.8 Å². The highest BCUT2D eigenvalue weighted by Gasteiger charge is 2.52. The lowest BCUT2D eigenvalue weighted by molar-refractivity contribution is -0.148. The van der Waals surface area contributed by atoms with Gasteiger partial charge in [-0.3, -0.25) is 9.69 Å². The van der Waals surface area contributed by atoms with E-state index in [4.69, 9.17) is 5.73 Å². The number of amides is 1. The highest BCUT2D eigenvalue weighted by atomic mass is 32.2. The first-order valence-corrected chi connectivity index (χ1v) is 9.28. The summed E-state index contributed by atoms with van der Waals surface area (Å²) in [6, 6.07) is -0.684. The number of nitrogens with two attached hydrogens (primary N) is 1. The van der Waals surface area contributed by atoms with Crippen LogP contribution in [0.5, 0.6) is 0 Å². The average Bonchev–Trinajstić information content (AvgIpc) is 3.33. The second kappa shape index (κ2) is 6.65. The standard InChI is InChI=1S/C11H12N10O3S2/c12-6-8(22)21-7(10(23)24)3(2-25-9(6)21)4(1-5-13-17-18-14-5)26-11-15-19-20-16-11/h4,6,9H,1-2,12H2,(H,23,24)(H,13,14,17,18)(H,15,16,19,20)/t4?,6?,9-/m1/s1. The van der Waals surface area contributed by atoms with Gasteiger partial charge in [0.1, 0.15) is 17.1 Å². The van der Waals surface area contributed by atoms with Gasteiger partial charge in [-0.2, -0.15) is 10.4 Å². The molecule has 0 radical (unpaired) electrons. The Hall–Kier alpha value is -2.52. The number of hydrogen-bond acceptors (Lipinski definition) is 11. The zero-order valence-electron chi connectivity index (χ0n) is 12.9. The number of rotatable bonds is 6. The van der Waals surface area contributed by atoms with Gasteiger partial charge in [-0.05, 0) is 10.8 Å². The fourth-order valence-electron chi connectivity index (χ4n) is 2.79. The van der Waals surface area contributed by atoms with Gasteiger partial charge in [0.25, 0.3) is 0 Å². The summed E-state index contributed by atoms with van der Waals surface area (Å²) in [5.41, 5.74) is 6.29. The van der Waals surface area contributed by atoms with Crippen molar-refractivity contribution in [2.75, 3.05) is 5.75 Å². The predicted molar refractivity (Wildman–Crippen MR) is 87.4 cm³/mol. The molecule has 4 heterocycles. The Labute approximate surface area is 153 Å². The van der Waals surface area contributed by atoms with Crippen molar-refractivity contribution in [3.63, 3.8) is 0 Å². The number of carboxylic acids is 1. The molecule has 1 amide bonds. The van der Waals surface area contributed by atoms with E-state index in [1.807, 2.05) is 0 Å². The van der Waals surface area contributed by atoms with E-state index in [1.165, 1.54) is 28.4 Å². The summed E-state index contributed by atoms with van der Waals surface area (Å²) in [6.45, 7) is 0. The minimum atomic E-state index is -1.18. The Morgan fingerprint density at radius 1 is 1.38 bits per heavy atom. The van der Waals surface area contributed by atoms with E-state index in [2.05, 4.69) is 41.2 Å². The maximum Gasteiger partial charge on any atom is 0.352 e. The summed E-state index contributed by atoms with van der Waals surface area (Å²) in [5, 5.41) is 36.7. The normalized spacial score (nSPS) is 23.6. The highest BCUT2D eigenvalue weighted by Crippen LogP contribution is 2.43. The molecule has 0 spiro atoms. The molecule has 0 bridgehead atoms. The van der Waals surface area contributed by atoms with Crippen LogP contribution in [0.15, 0.2) is 16.4 Å². The van der Waals surface area contributed by atoms with E-state index in [0.717, 1.165) is 0 Å². The van der Waals surface area contributed by atoms with Crippen LogP contribution in [0.4, 0.5) is 0 Å². The van der Waals surface area contributed by atoms with Gasteiger partial charge in [-0.15, -0.1) is 32.2 Å². The Bertz CT molecular complexity index is 817. The second-order valence-corrected chi connectivity index (χ2v) is 7.72. The molecule has 2 aromatic rings. The molecule has 0 saturated carbocycles. The average molecular weight is 396 g/mol. The number of fused-ring (bicyclic) bond motifs is 1. The number of thioether (sulfide) groups is 2. The second-order valence-electron chi connectivity index (χ2n) is 5.45. The fraction of sp³-hybridized carbons (Fsp3) is 0.455. The molecule has 13 nitrogen and oxygen atoms in total. The van der Waals surface area contributed by atoms with E-state index in [1.54, 1.807) is 0 Å². The predicted octanol–water partition coefficient (Wildman–Crippen LogP) is -2.00. The topological polar surface area (TPSA) is 193 Å². The number of carbonyl (C=O) groups excluding carboxylic acids is 1. The van der Waals surface area contributed by atoms with E-state index in [-0.39, 0.29) is 17.5 Å². The number of carbonyl (C=O) groups is 2. The molecule has 2 unspecified atom stereocenters. The Balaban J connectivity index is 1.72. The van der Waals surface area contributed by atoms with Crippen LogP contribution in [0.3, 0.4) is 0 Å². The largest absolute Gasteiger partial charge is 0.477 e. The van der Waals surface area contributed by atoms with Crippen molar-refractivity contribution in [3.05, 3.63) is 17.1 Å². The van der Waals surface area contributed by atoms with E-state index < -0.39 is 23.2 Å². The van der Waals surface area contributed by atoms with Crippen LogP contribution in [0, 0.1) is 0 Å². The van der Waals surface area contributed by atoms with Crippen LogP contribution < -0.4 is 5.73 Å². The number of β-lactam (4-membered cyclic amide) rings is 1. The van der Waals surface area contributed by atoms with Crippen LogP contribution in [-0.2, 0) is 16.0 Å². The number of nitrogens with zero attached hydrogens (tertiary/aromatic N) is 7. The van der Waals surface area contributed by atoms with Crippen molar-refractivity contribution >= 4 is 35.4 Å². The number of carboxylic acid groups (broad SMARTS) is 1. The number of aromatic amines is 2. The van der Waals surface area contributed by atoms with Gasteiger partial charge in [-0.1, -0.05) is 17.0 Å². The van der Waals surface area contributed by atoms with Gasteiger partial charge in [-0.25, -0.2) is 4.79 Å². The fourth-order valence-corrected chi connectivity index (χ4v) is 5.27. The van der Waals surface area contributed by atoms with Gasteiger partial charge in [0.2, 0.25) is 11.1 Å². The van der Waals surface area contributed by atoms with Gasteiger partial charge in [0.05, 0.1) is 0 Å². The summed E-state index contributed by atoms with van der Waals surface area (Å²) in [7, 11) is 0. The molecule has 0 aromatic carbocycles. The van der Waals surface area contributed by atoms with Crippen molar-refractivity contribution in [2.45, 2.75) is 28.2 Å². The van der Waals surface area contributed by atoms with E-state index in [9.17, 15) is 14.7 Å². The molecule has 1 fully saturated rings. The summed E-state index contributed by atoms with van der Waals surface area (Å²) in [6.07, 6.45) is 0.279. The van der Waals surface area contributed by atoms with Gasteiger partial charge >= 0.3 is 5.97 Å². The van der Waals surface area contributed by atoms with Crippen molar-refractivity contribution in [1.82, 2.24) is 46.1 Å². The van der Waals surface area contributed by atoms with Crippen LogP contribution in [0.25, 0.3) is 0 Å². The van der Waals surface area contributed by atoms with E-state index in [0.29, 0.717) is 22.3 Å². The van der Waals surface area contributed by atoms with Crippen molar-refractivity contribution in [3.8, 4) is 0 Å². The zero-order chi connectivity index (χ0) is 18.3. The van der Waals surface area contributed by atoms with Crippen molar-refractivity contribution < 1.29 is 14.7 Å². The lowest BCUT2D eigenvalue weighted by Crippen LogP contribution is -2.68. The quantitative estimate of drug-likeness (QED) is 0.310. The first-order valence-electron chi connectivity index (χ1n) is 7.35. The van der Waals surface area contributed by atoms with Crippen LogP contribution in [0.1, 0.15) is 5.82 Å². The maximum absolute atomic E-state index is 12.1. The monoisotopic (exact) mass is 396 g/mol. The molecule has 26 heavy (non-hydrogen) atoms. The first-order chi connectivity index (χ1) is 12.6. The summed E-state index contributed by atoms with van der Waals surface area (Å²) >= 11 is 2.63. The third kappa shape index (κ3) is 2.82. The molecular weight excluding hydrogens is 384 g/mol. The van der Waals surface area contributed by atoms with Crippen molar-refractivity contribution in [1.29, 1.82) is 0 Å². The van der Waals surface area contributed by atoms with Gasteiger partial charge in [0, 0.05) is 17.4 Å².